The summed E-state index contributed by atoms with van der Waals surface area (Å²) in [5.41, 5.74) is 3.39. The van der Waals surface area contributed by atoms with E-state index in [0.29, 0.717) is 0 Å². The van der Waals surface area contributed by atoms with Crippen LogP contribution in [0.2, 0.25) is 0 Å². The Bertz CT molecular complexity index is 735. The lowest BCUT2D eigenvalue weighted by Gasteiger charge is -2.21. The Morgan fingerprint density at radius 2 is 1.85 bits per heavy atom. The maximum absolute atomic E-state index is 4.45. The second-order valence-electron chi connectivity index (χ2n) is 4.81. The second-order valence-corrected chi connectivity index (χ2v) is 4.81. The van der Waals surface area contributed by atoms with Crippen LogP contribution in [0.15, 0.2) is 54.9 Å². The summed E-state index contributed by atoms with van der Waals surface area (Å²) >= 11 is 0. The minimum atomic E-state index is 0.749. The van der Waals surface area contributed by atoms with Crippen molar-refractivity contribution in [1.29, 1.82) is 0 Å². The Morgan fingerprint density at radius 1 is 0.950 bits per heavy atom. The summed E-state index contributed by atoms with van der Waals surface area (Å²) in [4.78, 5) is 6.69. The topological polar surface area (TPSA) is 46.8 Å². The molecule has 4 rings (SSSR count). The van der Waals surface area contributed by atoms with Gasteiger partial charge in [0.25, 0.3) is 0 Å². The lowest BCUT2D eigenvalue weighted by molar-refractivity contribution is 0.748. The Labute approximate surface area is 116 Å². The predicted octanol–water partition coefficient (Wildman–Crippen LogP) is 2.18. The highest BCUT2D eigenvalue weighted by atomic mass is 15.4. The van der Waals surface area contributed by atoms with Crippen molar-refractivity contribution >= 4 is 5.82 Å². The summed E-state index contributed by atoms with van der Waals surface area (Å²) in [6.45, 7) is 1.56. The number of rotatable bonds is 1. The molecular weight excluding hydrogens is 250 g/mol. The first-order chi connectivity index (χ1) is 9.92. The number of pyridine rings is 1. The SMILES string of the molecule is c1ccc(N2Cc3ccccc3-n3nncc3C2)nc1. The Balaban J connectivity index is 1.85. The van der Waals surface area contributed by atoms with Gasteiger partial charge in [-0.3, -0.25) is 0 Å². The van der Waals surface area contributed by atoms with Crippen molar-refractivity contribution < 1.29 is 0 Å². The molecule has 1 aliphatic heterocycles. The van der Waals surface area contributed by atoms with E-state index in [2.05, 4.69) is 38.4 Å². The van der Waals surface area contributed by atoms with Gasteiger partial charge in [0, 0.05) is 12.7 Å². The molecule has 0 atom stereocenters. The molecule has 3 heterocycles. The zero-order valence-corrected chi connectivity index (χ0v) is 10.8. The molecule has 20 heavy (non-hydrogen) atoms. The fraction of sp³-hybridized carbons (Fsp3) is 0.133. The van der Waals surface area contributed by atoms with Crippen LogP contribution in [0, 0.1) is 0 Å². The molecule has 0 N–H and O–H groups in total. The Hall–Kier alpha value is -2.69. The van der Waals surface area contributed by atoms with Crippen molar-refractivity contribution in [2.45, 2.75) is 13.1 Å². The summed E-state index contributed by atoms with van der Waals surface area (Å²) in [5, 5.41) is 8.24. The molecule has 0 spiro atoms. The van der Waals surface area contributed by atoms with Gasteiger partial charge < -0.3 is 4.90 Å². The summed E-state index contributed by atoms with van der Waals surface area (Å²) in [6.07, 6.45) is 3.64. The molecule has 2 aromatic heterocycles. The van der Waals surface area contributed by atoms with Crippen LogP contribution in [-0.4, -0.2) is 20.0 Å². The molecule has 0 unspecified atom stereocenters. The van der Waals surface area contributed by atoms with Crippen LogP contribution >= 0.6 is 0 Å². The summed E-state index contributed by atoms with van der Waals surface area (Å²) in [7, 11) is 0. The van der Waals surface area contributed by atoms with Crippen molar-refractivity contribution in [2.24, 2.45) is 0 Å². The van der Waals surface area contributed by atoms with E-state index in [4.69, 9.17) is 0 Å². The second kappa shape index (κ2) is 4.45. The number of aromatic nitrogens is 4. The normalized spacial score (nSPS) is 13.5. The standard InChI is InChI=1S/C15H13N5/c1-2-6-14-12(5-1)10-19(15-7-3-4-8-16-15)11-13-9-17-18-20(13)14/h1-9H,10-11H2. The summed E-state index contributed by atoms with van der Waals surface area (Å²) < 4.78 is 1.91. The largest absolute Gasteiger partial charge is 0.346 e. The highest BCUT2D eigenvalue weighted by molar-refractivity contribution is 5.48. The maximum Gasteiger partial charge on any atom is 0.129 e. The van der Waals surface area contributed by atoms with Gasteiger partial charge in [-0.15, -0.1) is 5.10 Å². The third-order valence-electron chi connectivity index (χ3n) is 3.53. The van der Waals surface area contributed by atoms with E-state index < -0.39 is 0 Å². The number of hydrogen-bond acceptors (Lipinski definition) is 4. The van der Waals surface area contributed by atoms with Crippen LogP contribution in [-0.2, 0) is 13.1 Å². The van der Waals surface area contributed by atoms with Gasteiger partial charge in [-0.25, -0.2) is 9.67 Å². The van der Waals surface area contributed by atoms with Crippen molar-refractivity contribution in [3.05, 3.63) is 66.1 Å². The van der Waals surface area contributed by atoms with E-state index in [1.165, 1.54) is 5.56 Å². The van der Waals surface area contributed by atoms with E-state index in [0.717, 1.165) is 30.3 Å². The van der Waals surface area contributed by atoms with Gasteiger partial charge in [-0.05, 0) is 23.8 Å². The number of nitrogens with zero attached hydrogens (tertiary/aromatic N) is 5. The third kappa shape index (κ3) is 1.75. The van der Waals surface area contributed by atoms with Crippen molar-refractivity contribution in [1.82, 2.24) is 20.0 Å². The Morgan fingerprint density at radius 3 is 2.75 bits per heavy atom. The molecule has 0 fully saturated rings. The quantitative estimate of drug-likeness (QED) is 0.675. The molecule has 5 nitrogen and oxygen atoms in total. The molecule has 1 aromatic carbocycles. The van der Waals surface area contributed by atoms with Crippen molar-refractivity contribution in [3.63, 3.8) is 0 Å². The number of fused-ring (bicyclic) bond motifs is 3. The molecule has 0 saturated carbocycles. The first-order valence-corrected chi connectivity index (χ1v) is 6.56. The predicted molar refractivity (Wildman–Crippen MR) is 75.5 cm³/mol. The van der Waals surface area contributed by atoms with Gasteiger partial charge in [-0.2, -0.15) is 0 Å². The molecule has 0 aliphatic carbocycles. The van der Waals surface area contributed by atoms with E-state index in [1.807, 2.05) is 41.3 Å². The van der Waals surface area contributed by atoms with E-state index in [1.54, 1.807) is 0 Å². The molecule has 1 aliphatic rings. The molecule has 5 heteroatoms. The minimum Gasteiger partial charge on any atom is -0.346 e. The zero-order valence-electron chi connectivity index (χ0n) is 10.8. The summed E-state index contributed by atoms with van der Waals surface area (Å²) in [5.74, 6) is 0.969. The van der Waals surface area contributed by atoms with Crippen LogP contribution in [0.4, 0.5) is 5.82 Å². The van der Waals surface area contributed by atoms with Gasteiger partial charge in [0.05, 0.1) is 24.1 Å². The lowest BCUT2D eigenvalue weighted by Crippen LogP contribution is -2.21. The monoisotopic (exact) mass is 263 g/mol. The summed E-state index contributed by atoms with van der Waals surface area (Å²) in [6, 6.07) is 14.3. The average molecular weight is 263 g/mol. The van der Waals surface area contributed by atoms with Gasteiger partial charge in [0.15, 0.2) is 0 Å². The van der Waals surface area contributed by atoms with Crippen LogP contribution in [0.1, 0.15) is 11.3 Å². The number of hydrogen-bond donors (Lipinski definition) is 0. The number of para-hydroxylation sites is 1. The van der Waals surface area contributed by atoms with Crippen molar-refractivity contribution in [2.75, 3.05) is 4.90 Å². The zero-order chi connectivity index (χ0) is 13.4. The van der Waals surface area contributed by atoms with Crippen LogP contribution in [0.5, 0.6) is 0 Å². The molecule has 0 saturated heterocycles. The minimum absolute atomic E-state index is 0.749. The fourth-order valence-corrected chi connectivity index (χ4v) is 2.58. The molecule has 0 radical (unpaired) electrons. The lowest BCUT2D eigenvalue weighted by atomic mass is 10.1. The highest BCUT2D eigenvalue weighted by Crippen LogP contribution is 2.25. The maximum atomic E-state index is 4.45. The molecular formula is C15H13N5. The number of anilines is 1. The van der Waals surface area contributed by atoms with E-state index >= 15 is 0 Å². The molecule has 0 amide bonds. The first-order valence-electron chi connectivity index (χ1n) is 6.56. The molecule has 98 valence electrons. The van der Waals surface area contributed by atoms with Gasteiger partial charge in [0.2, 0.25) is 0 Å². The molecule has 3 aromatic rings. The molecule has 0 bridgehead atoms. The van der Waals surface area contributed by atoms with Crippen LogP contribution in [0.25, 0.3) is 5.69 Å². The smallest absolute Gasteiger partial charge is 0.129 e. The van der Waals surface area contributed by atoms with Gasteiger partial charge >= 0.3 is 0 Å². The first kappa shape index (κ1) is 11.2. The number of benzene rings is 1. The highest BCUT2D eigenvalue weighted by Gasteiger charge is 2.20. The fourth-order valence-electron chi connectivity index (χ4n) is 2.58. The van der Waals surface area contributed by atoms with Crippen LogP contribution < -0.4 is 4.90 Å². The van der Waals surface area contributed by atoms with Crippen LogP contribution in [0.3, 0.4) is 0 Å². The third-order valence-corrected chi connectivity index (χ3v) is 3.53. The Kier molecular flexibility index (Phi) is 2.48. The van der Waals surface area contributed by atoms with Gasteiger partial charge in [0.1, 0.15) is 5.82 Å². The van der Waals surface area contributed by atoms with Crippen molar-refractivity contribution in [3.8, 4) is 5.69 Å². The average Bonchev–Trinajstić information content (AvgIpc) is 2.90. The van der Waals surface area contributed by atoms with E-state index in [9.17, 15) is 0 Å². The van der Waals surface area contributed by atoms with Gasteiger partial charge in [-0.1, -0.05) is 29.5 Å². The van der Waals surface area contributed by atoms with E-state index in [-0.39, 0.29) is 0 Å².